The minimum absolute atomic E-state index is 0.0755. The normalized spacial score (nSPS) is 13.8. The van der Waals surface area contributed by atoms with E-state index in [-0.39, 0.29) is 5.41 Å². The fourth-order valence-corrected chi connectivity index (χ4v) is 12.3. The number of hydrogen-bond acceptors (Lipinski definition) is 2. The summed E-state index contributed by atoms with van der Waals surface area (Å²) < 4.78 is 6.83. The summed E-state index contributed by atoms with van der Waals surface area (Å²) in [7, 11) is 0. The van der Waals surface area contributed by atoms with E-state index in [1.807, 2.05) is 0 Å². The summed E-state index contributed by atoms with van der Waals surface area (Å²) in [5.41, 5.74) is 22.1. The van der Waals surface area contributed by atoms with Crippen molar-refractivity contribution in [3.63, 3.8) is 0 Å². The molecular formula is C68H47NO. The van der Waals surface area contributed by atoms with Gasteiger partial charge in [-0.05, 0) is 115 Å². The van der Waals surface area contributed by atoms with Gasteiger partial charge in [0.15, 0.2) is 0 Å². The van der Waals surface area contributed by atoms with Gasteiger partial charge >= 0.3 is 0 Å². The second-order valence-electron chi connectivity index (χ2n) is 19.5. The minimum atomic E-state index is -0.526. The molecule has 0 bridgehead atoms. The van der Waals surface area contributed by atoms with Crippen molar-refractivity contribution in [1.82, 2.24) is 0 Å². The Bertz CT molecular complexity index is 3970. The molecular weight excluding hydrogens is 847 g/mol. The molecule has 2 heteroatoms. The van der Waals surface area contributed by atoms with Crippen molar-refractivity contribution in [2.24, 2.45) is 0 Å². The summed E-state index contributed by atoms with van der Waals surface area (Å²) >= 11 is 0. The van der Waals surface area contributed by atoms with E-state index in [9.17, 15) is 0 Å². The monoisotopic (exact) mass is 893 g/mol. The van der Waals surface area contributed by atoms with Crippen molar-refractivity contribution in [3.8, 4) is 44.5 Å². The van der Waals surface area contributed by atoms with Crippen LogP contribution in [0.4, 0.5) is 17.1 Å². The highest BCUT2D eigenvalue weighted by Gasteiger charge is 2.47. The van der Waals surface area contributed by atoms with Crippen LogP contribution in [0.25, 0.3) is 77.2 Å². The number of fused-ring (bicyclic) bond motifs is 11. The van der Waals surface area contributed by atoms with Crippen LogP contribution >= 0.6 is 0 Å². The van der Waals surface area contributed by atoms with Gasteiger partial charge < -0.3 is 9.32 Å². The van der Waals surface area contributed by atoms with Crippen LogP contribution in [0, 0.1) is 0 Å². The van der Waals surface area contributed by atoms with Crippen molar-refractivity contribution in [2.45, 2.75) is 24.7 Å². The van der Waals surface area contributed by atoms with E-state index in [1.54, 1.807) is 0 Å². The van der Waals surface area contributed by atoms with Gasteiger partial charge in [0, 0.05) is 44.1 Å². The van der Waals surface area contributed by atoms with Crippen molar-refractivity contribution >= 4 is 49.8 Å². The molecule has 2 aliphatic carbocycles. The zero-order valence-electron chi connectivity index (χ0n) is 39.0. The van der Waals surface area contributed by atoms with Gasteiger partial charge in [0.05, 0.1) is 11.1 Å². The summed E-state index contributed by atoms with van der Waals surface area (Å²) in [4.78, 5) is 2.46. The number of benzene rings is 11. The molecule has 0 saturated heterocycles. The van der Waals surface area contributed by atoms with Crippen molar-refractivity contribution in [3.05, 3.63) is 282 Å². The molecule has 0 spiro atoms. The fourth-order valence-electron chi connectivity index (χ4n) is 12.3. The lowest BCUT2D eigenvalue weighted by Crippen LogP contribution is -2.28. The third-order valence-corrected chi connectivity index (χ3v) is 15.6. The van der Waals surface area contributed by atoms with Crippen molar-refractivity contribution in [2.75, 3.05) is 4.90 Å². The fraction of sp³-hybridized carbons (Fsp3) is 0.0588. The second kappa shape index (κ2) is 15.4. The number of rotatable bonds is 7. The van der Waals surface area contributed by atoms with Crippen LogP contribution in [0.5, 0.6) is 0 Å². The van der Waals surface area contributed by atoms with E-state index in [4.69, 9.17) is 4.42 Å². The van der Waals surface area contributed by atoms with Gasteiger partial charge in [-0.2, -0.15) is 0 Å². The molecule has 12 aromatic rings. The predicted molar refractivity (Wildman–Crippen MR) is 292 cm³/mol. The summed E-state index contributed by atoms with van der Waals surface area (Å²) in [6.45, 7) is 4.71. The molecule has 11 aromatic carbocycles. The Labute approximate surface area is 408 Å². The van der Waals surface area contributed by atoms with E-state index >= 15 is 0 Å². The van der Waals surface area contributed by atoms with Crippen LogP contribution in [0.15, 0.2) is 253 Å². The molecule has 0 amide bonds. The average Bonchev–Trinajstić information content (AvgIpc) is 4.04. The van der Waals surface area contributed by atoms with E-state index < -0.39 is 5.41 Å². The zero-order valence-corrected chi connectivity index (χ0v) is 39.0. The summed E-state index contributed by atoms with van der Waals surface area (Å²) in [5, 5.41) is 4.57. The predicted octanol–water partition coefficient (Wildman–Crippen LogP) is 18.2. The number of furan rings is 1. The molecule has 1 aromatic heterocycles. The maximum Gasteiger partial charge on any atom is 0.143 e. The number of hydrogen-bond donors (Lipinski definition) is 0. The molecule has 1 heterocycles. The Morgan fingerprint density at radius 1 is 0.343 bits per heavy atom. The molecule has 0 saturated carbocycles. The Morgan fingerprint density at radius 2 is 0.886 bits per heavy atom. The highest BCUT2D eigenvalue weighted by Crippen LogP contribution is 2.60. The minimum Gasteiger partial charge on any atom is -0.455 e. The summed E-state index contributed by atoms with van der Waals surface area (Å²) in [6.07, 6.45) is 0. The van der Waals surface area contributed by atoms with Crippen LogP contribution in [-0.4, -0.2) is 0 Å². The Morgan fingerprint density at radius 3 is 1.63 bits per heavy atom. The molecule has 0 fully saturated rings. The van der Waals surface area contributed by atoms with Crippen LogP contribution in [0.1, 0.15) is 47.2 Å². The summed E-state index contributed by atoms with van der Waals surface area (Å²) in [6, 6.07) is 91.7. The van der Waals surface area contributed by atoms with Gasteiger partial charge in [0.25, 0.3) is 0 Å². The third-order valence-electron chi connectivity index (χ3n) is 15.6. The first-order valence-corrected chi connectivity index (χ1v) is 24.4. The van der Waals surface area contributed by atoms with Gasteiger partial charge in [-0.15, -0.1) is 0 Å². The topological polar surface area (TPSA) is 16.4 Å². The Kier molecular flexibility index (Phi) is 8.88. The van der Waals surface area contributed by atoms with Gasteiger partial charge in [0.1, 0.15) is 11.2 Å². The second-order valence-corrected chi connectivity index (χ2v) is 19.5. The lowest BCUT2D eigenvalue weighted by atomic mass is 9.68. The number of anilines is 3. The Hall–Kier alpha value is -8.72. The van der Waals surface area contributed by atoms with Crippen LogP contribution in [-0.2, 0) is 10.8 Å². The molecule has 330 valence electrons. The number of para-hydroxylation sites is 1. The molecule has 0 unspecified atom stereocenters. The lowest BCUT2D eigenvalue weighted by molar-refractivity contribution is 0.660. The maximum atomic E-state index is 6.83. The Balaban J connectivity index is 0.946. The van der Waals surface area contributed by atoms with E-state index in [0.29, 0.717) is 0 Å². The molecule has 0 N–H and O–H groups in total. The number of nitrogens with zero attached hydrogens (tertiary/aromatic N) is 1. The lowest BCUT2D eigenvalue weighted by Gasteiger charge is -2.34. The quantitative estimate of drug-likeness (QED) is 0.158. The molecule has 14 rings (SSSR count). The molecule has 0 aliphatic heterocycles. The standard InChI is InChI=1S/C68H47NO/c1-67(2)59-27-13-11-23-54(59)55-41-36-47(43-62(55)67)44-31-37-50(38-32-44)69(51-39-33-46(34-40-51)53-25-15-26-56-57-42-35-45-17-9-10-22-52(45)66(57)70-65(53)56)63-30-16-29-61-64(63)58-24-12-14-28-60(58)68(61,48-18-5-3-6-19-48)49-20-7-4-8-21-49/h3-43H,1-2H3. The van der Waals surface area contributed by atoms with Crippen LogP contribution in [0.2, 0.25) is 0 Å². The van der Waals surface area contributed by atoms with E-state index in [0.717, 1.165) is 55.5 Å². The first-order chi connectivity index (χ1) is 34.5. The average molecular weight is 894 g/mol. The highest BCUT2D eigenvalue weighted by atomic mass is 16.3. The highest BCUT2D eigenvalue weighted by molar-refractivity contribution is 6.17. The largest absolute Gasteiger partial charge is 0.455 e. The molecule has 0 radical (unpaired) electrons. The zero-order chi connectivity index (χ0) is 46.6. The van der Waals surface area contributed by atoms with Gasteiger partial charge in [-0.25, -0.2) is 0 Å². The van der Waals surface area contributed by atoms with E-state index in [2.05, 4.69) is 267 Å². The summed E-state index contributed by atoms with van der Waals surface area (Å²) in [5.74, 6) is 0. The van der Waals surface area contributed by atoms with Gasteiger partial charge in [0.2, 0.25) is 0 Å². The smallest absolute Gasteiger partial charge is 0.143 e. The molecule has 2 nitrogen and oxygen atoms in total. The van der Waals surface area contributed by atoms with Crippen LogP contribution in [0.3, 0.4) is 0 Å². The molecule has 70 heavy (non-hydrogen) atoms. The first kappa shape index (κ1) is 40.4. The third kappa shape index (κ3) is 5.80. The van der Waals surface area contributed by atoms with Crippen LogP contribution < -0.4 is 4.90 Å². The van der Waals surface area contributed by atoms with Gasteiger partial charge in [-0.1, -0.05) is 220 Å². The maximum absolute atomic E-state index is 6.83. The SMILES string of the molecule is CC1(C)c2ccccc2-c2ccc(-c3ccc(N(c4ccc(-c5cccc6c5oc5c7ccccc7ccc65)cc4)c4cccc5c4-c4ccccc4C5(c4ccccc4)c4ccccc4)cc3)cc21. The first-order valence-electron chi connectivity index (χ1n) is 24.4. The van der Waals surface area contributed by atoms with Crippen molar-refractivity contribution in [1.29, 1.82) is 0 Å². The van der Waals surface area contributed by atoms with E-state index in [1.165, 1.54) is 72.1 Å². The van der Waals surface area contributed by atoms with Gasteiger partial charge in [-0.3, -0.25) is 0 Å². The molecule has 0 atom stereocenters. The van der Waals surface area contributed by atoms with Crippen molar-refractivity contribution < 1.29 is 4.42 Å². The molecule has 2 aliphatic rings.